The lowest BCUT2D eigenvalue weighted by atomic mass is 9.98. The van der Waals surface area contributed by atoms with Crippen molar-refractivity contribution in [2.45, 2.75) is 12.8 Å². The number of aldehydes is 1. The third kappa shape index (κ3) is 4.56. The highest BCUT2D eigenvalue weighted by Gasteiger charge is 2.26. The molecule has 0 atom stereocenters. The second-order valence-corrected chi connectivity index (χ2v) is 8.28. The fraction of sp³-hybridized carbons (Fsp3) is 0.167. The molecule has 0 aliphatic carbocycles. The molecule has 0 spiro atoms. The summed E-state index contributed by atoms with van der Waals surface area (Å²) in [4.78, 5) is 39.0. The molecule has 5 rings (SSSR count). The first-order chi connectivity index (χ1) is 17.4. The number of aromatic nitrogens is 5. The molecule has 4 N–H and O–H groups in total. The summed E-state index contributed by atoms with van der Waals surface area (Å²) >= 11 is 0. The number of carbonyl (C=O) groups is 2. The molecule has 12 heteroatoms. The molecule has 0 fully saturated rings. The van der Waals surface area contributed by atoms with Crippen LogP contribution in [-0.4, -0.2) is 43.6 Å². The largest absolute Gasteiger partial charge is 0.396 e. The monoisotopic (exact) mass is 487 g/mol. The lowest BCUT2D eigenvalue weighted by Gasteiger charge is -2.29. The summed E-state index contributed by atoms with van der Waals surface area (Å²) in [6.07, 6.45) is 9.36. The van der Waals surface area contributed by atoms with Gasteiger partial charge in [0, 0.05) is 43.2 Å². The Morgan fingerprint density at radius 2 is 2.06 bits per heavy atom. The maximum absolute atomic E-state index is 13.7. The summed E-state index contributed by atoms with van der Waals surface area (Å²) in [5, 5.41) is 10.0. The van der Waals surface area contributed by atoms with Crippen molar-refractivity contribution in [1.82, 2.24) is 24.7 Å². The highest BCUT2D eigenvalue weighted by atomic mass is 19.1. The summed E-state index contributed by atoms with van der Waals surface area (Å²) in [6, 6.07) is 4.22. The van der Waals surface area contributed by atoms with E-state index in [-0.39, 0.29) is 11.5 Å². The zero-order valence-electron chi connectivity index (χ0n) is 19.3. The van der Waals surface area contributed by atoms with Gasteiger partial charge in [-0.2, -0.15) is 5.10 Å². The first-order valence-corrected chi connectivity index (χ1v) is 11.1. The molecular weight excluding hydrogens is 465 g/mol. The molecule has 5 heterocycles. The van der Waals surface area contributed by atoms with E-state index in [2.05, 4.69) is 30.7 Å². The van der Waals surface area contributed by atoms with Crippen LogP contribution in [0.3, 0.4) is 0 Å². The minimum absolute atomic E-state index is 0.0921. The summed E-state index contributed by atoms with van der Waals surface area (Å²) in [6.45, 7) is 0.404. The van der Waals surface area contributed by atoms with Crippen molar-refractivity contribution < 1.29 is 14.0 Å². The number of pyridine rings is 3. The minimum atomic E-state index is -0.517. The molecule has 1 aliphatic heterocycles. The number of rotatable bonds is 5. The van der Waals surface area contributed by atoms with Gasteiger partial charge >= 0.3 is 6.03 Å². The zero-order valence-corrected chi connectivity index (χ0v) is 19.3. The zero-order chi connectivity index (χ0) is 25.2. The second-order valence-electron chi connectivity index (χ2n) is 8.28. The smallest absolute Gasteiger partial charge is 0.328 e. The maximum Gasteiger partial charge on any atom is 0.328 e. The number of nitrogens with one attached hydrogen (secondary N) is 2. The Morgan fingerprint density at radius 1 is 1.19 bits per heavy atom. The number of anilines is 5. The number of nitrogen functional groups attached to an aromatic ring is 1. The van der Waals surface area contributed by atoms with Gasteiger partial charge in [-0.05, 0) is 30.5 Å². The molecule has 2 amide bonds. The Morgan fingerprint density at radius 3 is 2.81 bits per heavy atom. The molecule has 0 unspecified atom stereocenters. The van der Waals surface area contributed by atoms with Crippen LogP contribution in [0.2, 0.25) is 0 Å². The van der Waals surface area contributed by atoms with Crippen LogP contribution < -0.4 is 21.3 Å². The molecule has 4 aromatic heterocycles. The normalized spacial score (nSPS) is 12.7. The topological polar surface area (TPSA) is 144 Å². The predicted molar refractivity (Wildman–Crippen MR) is 133 cm³/mol. The number of nitrogens with two attached hydrogens (primary N) is 1. The molecule has 0 saturated heterocycles. The Balaban J connectivity index is 1.41. The van der Waals surface area contributed by atoms with Crippen molar-refractivity contribution in [3.8, 4) is 11.1 Å². The lowest BCUT2D eigenvalue weighted by Crippen LogP contribution is -2.39. The highest BCUT2D eigenvalue weighted by Crippen LogP contribution is 2.32. The van der Waals surface area contributed by atoms with Gasteiger partial charge in [-0.1, -0.05) is 0 Å². The van der Waals surface area contributed by atoms with E-state index in [1.54, 1.807) is 36.3 Å². The Kier molecular flexibility index (Phi) is 5.98. The highest BCUT2D eigenvalue weighted by molar-refractivity contribution is 6.02. The number of fused-ring (bicyclic) bond motifs is 1. The van der Waals surface area contributed by atoms with E-state index < -0.39 is 11.8 Å². The lowest BCUT2D eigenvalue weighted by molar-refractivity contribution is 0.111. The van der Waals surface area contributed by atoms with E-state index in [1.165, 1.54) is 23.4 Å². The summed E-state index contributed by atoms with van der Waals surface area (Å²) in [7, 11) is 1.80. The van der Waals surface area contributed by atoms with Gasteiger partial charge in [0.25, 0.3) is 0 Å². The van der Waals surface area contributed by atoms with E-state index in [0.29, 0.717) is 54.0 Å². The number of halogens is 1. The average molecular weight is 487 g/mol. The minimum Gasteiger partial charge on any atom is -0.396 e. The standard InChI is InChI=1S/C24H22FN9O2/c1-33-12-17(10-29-33)30-20-7-22(28-11-19(20)26)32-24(36)34-4-2-3-14-6-18(21(13-35)31-23(14)34)15-5-16(25)9-27-8-15/h5-13H,2-4,26H2,1H3,(H2,28,30,32,36). The van der Waals surface area contributed by atoms with E-state index in [0.717, 1.165) is 17.4 Å². The van der Waals surface area contributed by atoms with Crippen molar-refractivity contribution in [3.05, 3.63) is 66.3 Å². The van der Waals surface area contributed by atoms with Crippen LogP contribution in [0.15, 0.2) is 49.2 Å². The van der Waals surface area contributed by atoms with E-state index >= 15 is 0 Å². The second kappa shape index (κ2) is 9.41. The van der Waals surface area contributed by atoms with Crippen molar-refractivity contribution in [3.63, 3.8) is 0 Å². The number of nitrogens with zero attached hydrogens (tertiary/aromatic N) is 6. The molecule has 0 bridgehead atoms. The first-order valence-electron chi connectivity index (χ1n) is 11.1. The van der Waals surface area contributed by atoms with Crippen LogP contribution >= 0.6 is 0 Å². The molecule has 36 heavy (non-hydrogen) atoms. The molecular formula is C24H22FN9O2. The van der Waals surface area contributed by atoms with E-state index in [1.807, 2.05) is 0 Å². The number of aryl methyl sites for hydroxylation is 2. The molecule has 1 aliphatic rings. The maximum atomic E-state index is 13.7. The first kappa shape index (κ1) is 22.9. The molecule has 11 nitrogen and oxygen atoms in total. The summed E-state index contributed by atoms with van der Waals surface area (Å²) in [5.74, 6) is 0.139. The van der Waals surface area contributed by atoms with Gasteiger partial charge in [-0.3, -0.25) is 24.7 Å². The number of hydrogen-bond acceptors (Lipinski definition) is 8. The Bertz CT molecular complexity index is 1470. The van der Waals surface area contributed by atoms with Crippen molar-refractivity contribution in [2.24, 2.45) is 7.05 Å². The van der Waals surface area contributed by atoms with Gasteiger partial charge in [0.05, 0.1) is 35.7 Å². The average Bonchev–Trinajstić information content (AvgIpc) is 3.29. The van der Waals surface area contributed by atoms with Gasteiger partial charge in [0.2, 0.25) is 0 Å². The number of urea groups is 1. The van der Waals surface area contributed by atoms with Crippen LogP contribution in [0, 0.1) is 5.82 Å². The van der Waals surface area contributed by atoms with Crippen LogP contribution in [0.4, 0.5) is 37.9 Å². The van der Waals surface area contributed by atoms with Crippen LogP contribution in [-0.2, 0) is 13.5 Å². The molecule has 4 aromatic rings. The number of carbonyl (C=O) groups excluding carboxylic acids is 2. The predicted octanol–water partition coefficient (Wildman–Crippen LogP) is 3.53. The Hall–Kier alpha value is -4.87. The van der Waals surface area contributed by atoms with Crippen LogP contribution in [0.25, 0.3) is 11.1 Å². The van der Waals surface area contributed by atoms with Crippen molar-refractivity contribution >= 4 is 41.0 Å². The van der Waals surface area contributed by atoms with Crippen molar-refractivity contribution in [2.75, 3.05) is 27.8 Å². The molecule has 0 saturated carbocycles. The van der Waals surface area contributed by atoms with E-state index in [9.17, 15) is 14.0 Å². The fourth-order valence-corrected chi connectivity index (χ4v) is 4.05. The van der Waals surface area contributed by atoms with Crippen molar-refractivity contribution in [1.29, 1.82) is 0 Å². The molecule has 0 radical (unpaired) electrons. The van der Waals surface area contributed by atoms with Crippen LogP contribution in [0.1, 0.15) is 22.5 Å². The quantitative estimate of drug-likeness (QED) is 0.363. The Labute approximate surface area is 205 Å². The molecule has 182 valence electrons. The van der Waals surface area contributed by atoms with Gasteiger partial charge in [-0.15, -0.1) is 0 Å². The van der Waals surface area contributed by atoms with Gasteiger partial charge in [-0.25, -0.2) is 19.2 Å². The van der Waals surface area contributed by atoms with Gasteiger partial charge < -0.3 is 11.1 Å². The van der Waals surface area contributed by atoms with Gasteiger partial charge in [0.15, 0.2) is 6.29 Å². The SMILES string of the molecule is Cn1cc(Nc2cc(NC(=O)N3CCCc4cc(-c5cncc(F)c5)c(C=O)nc43)ncc2N)cn1. The number of amides is 2. The fourth-order valence-electron chi connectivity index (χ4n) is 4.05. The number of hydrogen-bond donors (Lipinski definition) is 3. The van der Waals surface area contributed by atoms with Gasteiger partial charge in [0.1, 0.15) is 23.1 Å². The third-order valence-corrected chi connectivity index (χ3v) is 5.72. The summed E-state index contributed by atoms with van der Waals surface area (Å²) < 4.78 is 15.4. The van der Waals surface area contributed by atoms with E-state index in [4.69, 9.17) is 5.73 Å². The molecule has 0 aromatic carbocycles. The van der Waals surface area contributed by atoms with Crippen LogP contribution in [0.5, 0.6) is 0 Å². The summed E-state index contributed by atoms with van der Waals surface area (Å²) in [5.41, 5.74) is 9.49. The third-order valence-electron chi connectivity index (χ3n) is 5.72.